The maximum Gasteiger partial charge on any atom is 0.305 e. The fourth-order valence-electron chi connectivity index (χ4n) is 2.89. The number of carbonyl (C=O) groups is 1. The summed E-state index contributed by atoms with van der Waals surface area (Å²) in [4.78, 5) is 11.7. The number of hydrogen-bond donors (Lipinski definition) is 0. The molecule has 0 saturated carbocycles. The number of carbonyl (C=O) groups excluding carboxylic acids is 1. The Morgan fingerprint density at radius 3 is 2.62 bits per heavy atom. The molecule has 1 aromatic heterocycles. The first-order valence-electron chi connectivity index (χ1n) is 8.02. The van der Waals surface area contributed by atoms with Crippen molar-refractivity contribution in [2.24, 2.45) is 0 Å². The molecule has 7 heteroatoms. The molecule has 5 nitrogen and oxygen atoms in total. The lowest BCUT2D eigenvalue weighted by Gasteiger charge is -2.12. The highest BCUT2D eigenvalue weighted by Crippen LogP contribution is 2.29. The Balaban J connectivity index is 2.20. The largest absolute Gasteiger partial charge is 0.469 e. The minimum atomic E-state index is -3.82. The second kappa shape index (κ2) is 7.13. The number of fused-ring (bicyclic) bond motifs is 1. The van der Waals surface area contributed by atoms with Crippen molar-refractivity contribution < 1.29 is 17.9 Å². The summed E-state index contributed by atoms with van der Waals surface area (Å²) in [5, 5.41) is 1.22. The van der Waals surface area contributed by atoms with E-state index >= 15 is 0 Å². The van der Waals surface area contributed by atoms with Crippen molar-refractivity contribution in [1.82, 2.24) is 3.97 Å². The van der Waals surface area contributed by atoms with Crippen LogP contribution in [-0.4, -0.2) is 25.5 Å². The van der Waals surface area contributed by atoms with Crippen LogP contribution in [0.4, 0.5) is 0 Å². The summed E-state index contributed by atoms with van der Waals surface area (Å²) >= 11 is 6.05. The zero-order valence-electron chi connectivity index (χ0n) is 14.4. The van der Waals surface area contributed by atoms with Crippen LogP contribution in [0, 0.1) is 6.92 Å². The maximum atomic E-state index is 13.3. The van der Waals surface area contributed by atoms with E-state index in [2.05, 4.69) is 4.74 Å². The van der Waals surface area contributed by atoms with Gasteiger partial charge in [0.1, 0.15) is 0 Å². The molecule has 0 N–H and O–H groups in total. The number of hydrogen-bond acceptors (Lipinski definition) is 4. The van der Waals surface area contributed by atoms with Crippen LogP contribution in [0.2, 0.25) is 5.02 Å². The van der Waals surface area contributed by atoms with Crippen molar-refractivity contribution in [3.63, 3.8) is 0 Å². The molecule has 0 radical (unpaired) electrons. The minimum Gasteiger partial charge on any atom is -0.469 e. The SMILES string of the molecule is COC(=O)CCc1cc2cc(Cl)ccc2n1S(=O)(=O)c1cccc(C)c1. The van der Waals surface area contributed by atoms with Gasteiger partial charge in [0.2, 0.25) is 0 Å². The Kier molecular flexibility index (Phi) is 5.07. The van der Waals surface area contributed by atoms with Crippen molar-refractivity contribution in [3.8, 4) is 0 Å². The molecule has 0 bridgehead atoms. The number of esters is 1. The summed E-state index contributed by atoms with van der Waals surface area (Å²) in [6, 6.07) is 13.5. The Bertz CT molecular complexity index is 1090. The number of ether oxygens (including phenoxy) is 1. The fraction of sp³-hybridized carbons (Fsp3) is 0.211. The number of rotatable bonds is 5. The molecule has 0 aliphatic carbocycles. The normalized spacial score (nSPS) is 11.7. The van der Waals surface area contributed by atoms with Gasteiger partial charge in [-0.1, -0.05) is 23.7 Å². The van der Waals surface area contributed by atoms with Crippen molar-refractivity contribution in [2.45, 2.75) is 24.7 Å². The molecular weight excluding hydrogens is 374 g/mol. The predicted octanol–water partition coefficient (Wildman–Crippen LogP) is 3.95. The third-order valence-electron chi connectivity index (χ3n) is 4.13. The molecule has 3 aromatic rings. The van der Waals surface area contributed by atoms with E-state index in [1.54, 1.807) is 42.5 Å². The first-order chi connectivity index (χ1) is 12.3. The summed E-state index contributed by atoms with van der Waals surface area (Å²) in [7, 11) is -2.51. The molecule has 26 heavy (non-hydrogen) atoms. The average Bonchev–Trinajstić information content (AvgIpc) is 2.97. The summed E-state index contributed by atoms with van der Waals surface area (Å²) in [5.74, 6) is -0.396. The molecule has 0 fully saturated rings. The number of methoxy groups -OCH3 is 1. The highest BCUT2D eigenvalue weighted by Gasteiger charge is 2.23. The maximum absolute atomic E-state index is 13.3. The third kappa shape index (κ3) is 3.48. The van der Waals surface area contributed by atoms with Crippen LogP contribution in [-0.2, 0) is 26.0 Å². The number of aryl methyl sites for hydroxylation is 2. The van der Waals surface area contributed by atoms with Crippen LogP contribution >= 0.6 is 11.6 Å². The summed E-state index contributed by atoms with van der Waals surface area (Å²) < 4.78 is 32.6. The highest BCUT2D eigenvalue weighted by atomic mass is 35.5. The van der Waals surface area contributed by atoms with Gasteiger partial charge >= 0.3 is 5.97 Å². The van der Waals surface area contributed by atoms with Crippen molar-refractivity contribution >= 4 is 38.5 Å². The molecular formula is C19H18ClNO4S. The van der Waals surface area contributed by atoms with Crippen molar-refractivity contribution in [1.29, 1.82) is 0 Å². The van der Waals surface area contributed by atoms with E-state index < -0.39 is 16.0 Å². The zero-order valence-corrected chi connectivity index (χ0v) is 16.0. The first-order valence-corrected chi connectivity index (χ1v) is 9.83. The monoisotopic (exact) mass is 391 g/mol. The average molecular weight is 392 g/mol. The summed E-state index contributed by atoms with van der Waals surface area (Å²) in [6.45, 7) is 1.84. The second-order valence-electron chi connectivity index (χ2n) is 6.00. The standard InChI is InChI=1S/C19H18ClNO4S/c1-13-4-3-5-17(10-13)26(23,24)21-16(7-9-19(22)25-2)12-14-11-15(20)6-8-18(14)21/h3-6,8,10-12H,7,9H2,1-2H3. The number of aromatic nitrogens is 1. The fourth-order valence-corrected chi connectivity index (χ4v) is 4.74. The van der Waals surface area contributed by atoms with Crippen molar-refractivity contribution in [3.05, 3.63) is 64.8 Å². The summed E-state index contributed by atoms with van der Waals surface area (Å²) in [5.41, 5.74) is 1.88. The molecule has 0 amide bonds. The molecule has 2 aromatic carbocycles. The van der Waals surface area contributed by atoms with Gasteiger partial charge in [-0.25, -0.2) is 12.4 Å². The Labute approximate surface area is 157 Å². The third-order valence-corrected chi connectivity index (χ3v) is 6.13. The molecule has 1 heterocycles. The summed E-state index contributed by atoms with van der Waals surface area (Å²) in [6.07, 6.45) is 0.327. The minimum absolute atomic E-state index is 0.0872. The number of benzene rings is 2. The van der Waals surface area contributed by atoms with Crippen LogP contribution in [0.1, 0.15) is 17.7 Å². The lowest BCUT2D eigenvalue weighted by atomic mass is 10.2. The smallest absolute Gasteiger partial charge is 0.305 e. The number of nitrogens with zero attached hydrogens (tertiary/aromatic N) is 1. The predicted molar refractivity (Wildman–Crippen MR) is 101 cm³/mol. The van der Waals surface area contributed by atoms with E-state index in [9.17, 15) is 13.2 Å². The Hall–Kier alpha value is -2.31. The van der Waals surface area contributed by atoms with Gasteiger partial charge in [-0.05, 0) is 55.3 Å². The van der Waals surface area contributed by atoms with Gasteiger partial charge in [-0.3, -0.25) is 4.79 Å². The topological polar surface area (TPSA) is 65.4 Å². The van der Waals surface area contributed by atoms with Crippen LogP contribution < -0.4 is 0 Å². The van der Waals surface area contributed by atoms with Gasteiger partial charge in [0.15, 0.2) is 0 Å². The van der Waals surface area contributed by atoms with E-state index in [-0.39, 0.29) is 17.7 Å². The highest BCUT2D eigenvalue weighted by molar-refractivity contribution is 7.90. The van der Waals surface area contributed by atoms with Crippen LogP contribution in [0.15, 0.2) is 53.4 Å². The molecule has 0 spiro atoms. The number of halogens is 1. The zero-order chi connectivity index (χ0) is 18.9. The van der Waals surface area contributed by atoms with E-state index in [0.29, 0.717) is 21.6 Å². The van der Waals surface area contributed by atoms with E-state index in [0.717, 1.165) is 5.56 Å². The second-order valence-corrected chi connectivity index (χ2v) is 8.22. The van der Waals surface area contributed by atoms with Gasteiger partial charge in [0.05, 0.1) is 23.9 Å². The molecule has 136 valence electrons. The first kappa shape index (κ1) is 18.5. The van der Waals surface area contributed by atoms with Crippen molar-refractivity contribution in [2.75, 3.05) is 7.11 Å². The molecule has 0 atom stereocenters. The molecule has 3 rings (SSSR count). The Morgan fingerprint density at radius 1 is 1.15 bits per heavy atom. The van der Waals surface area contributed by atoms with Gasteiger partial charge in [-0.15, -0.1) is 0 Å². The lowest BCUT2D eigenvalue weighted by molar-refractivity contribution is -0.140. The molecule has 0 unspecified atom stereocenters. The van der Waals surface area contributed by atoms with Gasteiger partial charge in [0.25, 0.3) is 10.0 Å². The van der Waals surface area contributed by atoms with Crippen LogP contribution in [0.3, 0.4) is 0 Å². The van der Waals surface area contributed by atoms with Crippen LogP contribution in [0.25, 0.3) is 10.9 Å². The Morgan fingerprint density at radius 2 is 1.92 bits per heavy atom. The van der Waals surface area contributed by atoms with Gasteiger partial charge in [-0.2, -0.15) is 0 Å². The molecule has 0 saturated heterocycles. The molecule has 0 aliphatic heterocycles. The molecule has 0 aliphatic rings. The van der Waals surface area contributed by atoms with Crippen LogP contribution in [0.5, 0.6) is 0 Å². The van der Waals surface area contributed by atoms with E-state index in [4.69, 9.17) is 11.6 Å². The lowest BCUT2D eigenvalue weighted by Crippen LogP contribution is -2.16. The van der Waals surface area contributed by atoms with E-state index in [1.165, 1.54) is 11.1 Å². The van der Waals surface area contributed by atoms with E-state index in [1.807, 2.05) is 13.0 Å². The van der Waals surface area contributed by atoms with Gasteiger partial charge < -0.3 is 4.74 Å². The van der Waals surface area contributed by atoms with Gasteiger partial charge in [0, 0.05) is 16.1 Å². The quantitative estimate of drug-likeness (QED) is 0.618.